The number of rotatable bonds is 6. The SMILES string of the molecule is CN(CCNC(=O)C(C)(C)N)Cc1ccc(F)cc1.Cl.Cl. The maximum absolute atomic E-state index is 12.8. The Morgan fingerprint density at radius 2 is 1.81 bits per heavy atom. The van der Waals surface area contributed by atoms with Crippen LogP contribution in [0.4, 0.5) is 4.39 Å². The minimum atomic E-state index is -0.852. The van der Waals surface area contributed by atoms with Crippen LogP contribution in [0.5, 0.6) is 0 Å². The Morgan fingerprint density at radius 3 is 2.29 bits per heavy atom. The number of benzene rings is 1. The van der Waals surface area contributed by atoms with Gasteiger partial charge in [-0.05, 0) is 38.6 Å². The molecule has 0 radical (unpaired) electrons. The van der Waals surface area contributed by atoms with Gasteiger partial charge in [-0.25, -0.2) is 4.39 Å². The zero-order chi connectivity index (χ0) is 14.5. The number of carbonyl (C=O) groups is 1. The first-order valence-electron chi connectivity index (χ1n) is 6.29. The maximum Gasteiger partial charge on any atom is 0.239 e. The number of halogens is 3. The number of hydrogen-bond donors (Lipinski definition) is 2. The molecular weight excluding hydrogens is 316 g/mol. The Hall–Kier alpha value is -0.880. The summed E-state index contributed by atoms with van der Waals surface area (Å²) in [6.07, 6.45) is 0. The first kappa shape index (κ1) is 22.4. The van der Waals surface area contributed by atoms with Crippen molar-refractivity contribution in [1.82, 2.24) is 10.2 Å². The van der Waals surface area contributed by atoms with Gasteiger partial charge in [0.05, 0.1) is 5.54 Å². The summed E-state index contributed by atoms with van der Waals surface area (Å²) in [5.41, 5.74) is 5.86. The molecule has 0 spiro atoms. The van der Waals surface area contributed by atoms with Crippen LogP contribution >= 0.6 is 24.8 Å². The summed E-state index contributed by atoms with van der Waals surface area (Å²) in [6.45, 7) is 5.30. The highest BCUT2D eigenvalue weighted by atomic mass is 35.5. The molecule has 0 aliphatic rings. The molecule has 0 aliphatic heterocycles. The topological polar surface area (TPSA) is 58.4 Å². The molecule has 4 nitrogen and oxygen atoms in total. The third-order valence-electron chi connectivity index (χ3n) is 2.73. The van der Waals surface area contributed by atoms with Gasteiger partial charge in [-0.2, -0.15) is 0 Å². The Balaban J connectivity index is 0. The lowest BCUT2D eigenvalue weighted by atomic mass is 10.1. The minimum Gasteiger partial charge on any atom is -0.353 e. The molecule has 0 unspecified atom stereocenters. The number of amides is 1. The minimum absolute atomic E-state index is 0. The summed E-state index contributed by atoms with van der Waals surface area (Å²) in [5, 5.41) is 2.78. The molecule has 0 saturated heterocycles. The average Bonchev–Trinajstić information content (AvgIpc) is 2.31. The summed E-state index contributed by atoms with van der Waals surface area (Å²) in [7, 11) is 1.95. The van der Waals surface area contributed by atoms with E-state index in [2.05, 4.69) is 10.2 Å². The Kier molecular flexibility index (Phi) is 10.6. The van der Waals surface area contributed by atoms with Crippen molar-refractivity contribution in [3.8, 4) is 0 Å². The lowest BCUT2D eigenvalue weighted by Gasteiger charge is -2.20. The van der Waals surface area contributed by atoms with Gasteiger partial charge in [-0.3, -0.25) is 4.79 Å². The van der Waals surface area contributed by atoms with E-state index in [0.717, 1.165) is 5.56 Å². The first-order chi connectivity index (χ1) is 8.79. The number of nitrogens with two attached hydrogens (primary N) is 1. The highest BCUT2D eigenvalue weighted by Gasteiger charge is 2.20. The van der Waals surface area contributed by atoms with E-state index in [0.29, 0.717) is 19.6 Å². The van der Waals surface area contributed by atoms with Gasteiger partial charge in [-0.1, -0.05) is 12.1 Å². The summed E-state index contributed by atoms with van der Waals surface area (Å²) >= 11 is 0. The van der Waals surface area contributed by atoms with Crippen molar-refractivity contribution < 1.29 is 9.18 Å². The molecule has 0 aliphatic carbocycles. The van der Waals surface area contributed by atoms with E-state index >= 15 is 0 Å². The van der Waals surface area contributed by atoms with E-state index in [4.69, 9.17) is 5.73 Å². The second-order valence-electron chi connectivity index (χ2n) is 5.34. The van der Waals surface area contributed by atoms with Gasteiger partial charge in [0.15, 0.2) is 0 Å². The van der Waals surface area contributed by atoms with Crippen molar-refractivity contribution in [2.45, 2.75) is 25.9 Å². The van der Waals surface area contributed by atoms with Gasteiger partial charge >= 0.3 is 0 Å². The smallest absolute Gasteiger partial charge is 0.239 e. The summed E-state index contributed by atoms with van der Waals surface area (Å²) in [5.74, 6) is -0.397. The quantitative estimate of drug-likeness (QED) is 0.832. The van der Waals surface area contributed by atoms with Crippen molar-refractivity contribution in [1.29, 1.82) is 0 Å². The lowest BCUT2D eigenvalue weighted by Crippen LogP contribution is -2.50. The molecular formula is C14H24Cl2FN3O. The molecule has 1 aromatic carbocycles. The van der Waals surface area contributed by atoms with E-state index in [1.54, 1.807) is 26.0 Å². The molecule has 0 aromatic heterocycles. The van der Waals surface area contributed by atoms with Crippen LogP contribution in [0.25, 0.3) is 0 Å². The Morgan fingerprint density at radius 1 is 1.29 bits per heavy atom. The molecule has 0 bridgehead atoms. The van der Waals surface area contributed by atoms with E-state index in [1.807, 2.05) is 7.05 Å². The van der Waals surface area contributed by atoms with Gasteiger partial charge in [0.25, 0.3) is 0 Å². The molecule has 0 fully saturated rings. The Labute approximate surface area is 138 Å². The standard InChI is InChI=1S/C14H22FN3O.2ClH/c1-14(2,16)13(19)17-8-9-18(3)10-11-4-6-12(15)7-5-11;;/h4-7H,8-10,16H2,1-3H3,(H,17,19);2*1H. The second-order valence-corrected chi connectivity index (χ2v) is 5.34. The molecule has 1 aromatic rings. The molecule has 1 amide bonds. The highest BCUT2D eigenvalue weighted by molar-refractivity contribution is 5.85. The summed E-state index contributed by atoms with van der Waals surface area (Å²) in [6, 6.07) is 6.41. The third-order valence-corrected chi connectivity index (χ3v) is 2.73. The van der Waals surface area contributed by atoms with Gasteiger partial charge in [0.2, 0.25) is 5.91 Å². The predicted octanol–water partition coefficient (Wildman–Crippen LogP) is 1.95. The fraction of sp³-hybridized carbons (Fsp3) is 0.500. The van der Waals surface area contributed by atoms with Gasteiger partial charge in [0.1, 0.15) is 5.82 Å². The van der Waals surface area contributed by atoms with Gasteiger partial charge < -0.3 is 16.0 Å². The zero-order valence-corrected chi connectivity index (χ0v) is 14.2. The molecule has 0 atom stereocenters. The lowest BCUT2D eigenvalue weighted by molar-refractivity contribution is -0.125. The second kappa shape index (κ2) is 9.95. The van der Waals surface area contributed by atoms with Crippen molar-refractivity contribution in [3.63, 3.8) is 0 Å². The van der Waals surface area contributed by atoms with E-state index in [9.17, 15) is 9.18 Å². The number of hydrogen-bond acceptors (Lipinski definition) is 3. The van der Waals surface area contributed by atoms with Crippen molar-refractivity contribution in [2.75, 3.05) is 20.1 Å². The van der Waals surface area contributed by atoms with E-state index in [-0.39, 0.29) is 36.5 Å². The summed E-state index contributed by atoms with van der Waals surface area (Å²) < 4.78 is 12.8. The van der Waals surface area contributed by atoms with E-state index in [1.165, 1.54) is 12.1 Å². The number of carbonyl (C=O) groups excluding carboxylic acids is 1. The van der Waals surface area contributed by atoms with E-state index < -0.39 is 5.54 Å². The third kappa shape index (κ3) is 8.88. The van der Waals surface area contributed by atoms with Crippen LogP contribution in [-0.4, -0.2) is 36.5 Å². The van der Waals surface area contributed by atoms with Crippen LogP contribution in [0, 0.1) is 5.82 Å². The number of nitrogens with one attached hydrogen (secondary N) is 1. The number of likely N-dealkylation sites (N-methyl/N-ethyl adjacent to an activating group) is 1. The molecule has 7 heteroatoms. The molecule has 0 saturated carbocycles. The molecule has 21 heavy (non-hydrogen) atoms. The molecule has 1 rings (SSSR count). The monoisotopic (exact) mass is 339 g/mol. The molecule has 122 valence electrons. The Bertz CT molecular complexity index is 421. The first-order valence-corrected chi connectivity index (χ1v) is 6.29. The highest BCUT2D eigenvalue weighted by Crippen LogP contribution is 2.05. The predicted molar refractivity (Wildman–Crippen MR) is 88.5 cm³/mol. The fourth-order valence-electron chi connectivity index (χ4n) is 1.57. The molecule has 0 heterocycles. The van der Waals surface area contributed by atoms with Crippen LogP contribution in [0.15, 0.2) is 24.3 Å². The summed E-state index contributed by atoms with van der Waals surface area (Å²) in [4.78, 5) is 13.6. The normalized spacial score (nSPS) is 10.6. The van der Waals surface area contributed by atoms with Crippen molar-refractivity contribution >= 4 is 30.7 Å². The van der Waals surface area contributed by atoms with Crippen LogP contribution < -0.4 is 11.1 Å². The van der Waals surface area contributed by atoms with Crippen molar-refractivity contribution in [3.05, 3.63) is 35.6 Å². The maximum atomic E-state index is 12.8. The molecule has 3 N–H and O–H groups in total. The van der Waals surface area contributed by atoms with Crippen LogP contribution in [0.1, 0.15) is 19.4 Å². The van der Waals surface area contributed by atoms with Crippen molar-refractivity contribution in [2.24, 2.45) is 5.73 Å². The fourth-order valence-corrected chi connectivity index (χ4v) is 1.57. The van der Waals surface area contributed by atoms with Gasteiger partial charge in [0, 0.05) is 19.6 Å². The largest absolute Gasteiger partial charge is 0.353 e. The van der Waals surface area contributed by atoms with Crippen LogP contribution in [0.3, 0.4) is 0 Å². The average molecular weight is 340 g/mol. The van der Waals surface area contributed by atoms with Crippen LogP contribution in [-0.2, 0) is 11.3 Å². The number of nitrogens with zero attached hydrogens (tertiary/aromatic N) is 1. The van der Waals surface area contributed by atoms with Crippen LogP contribution in [0.2, 0.25) is 0 Å². The van der Waals surface area contributed by atoms with Gasteiger partial charge in [-0.15, -0.1) is 24.8 Å². The zero-order valence-electron chi connectivity index (χ0n) is 12.6.